The Balaban J connectivity index is 1.58. The van der Waals surface area contributed by atoms with E-state index in [1.54, 1.807) is 0 Å². The summed E-state index contributed by atoms with van der Waals surface area (Å²) >= 11 is 0. The molecule has 5 aliphatic rings. The van der Waals surface area contributed by atoms with Crippen molar-refractivity contribution in [3.8, 4) is 0 Å². The van der Waals surface area contributed by atoms with Crippen molar-refractivity contribution in [2.24, 2.45) is 28.6 Å². The van der Waals surface area contributed by atoms with Gasteiger partial charge in [-0.25, -0.2) is 0 Å². The van der Waals surface area contributed by atoms with Crippen LogP contribution in [-0.4, -0.2) is 18.5 Å². The summed E-state index contributed by atoms with van der Waals surface area (Å²) in [6.07, 6.45) is 12.4. The molecule has 0 unspecified atom stereocenters. The number of hydrogen-bond acceptors (Lipinski definition) is 2. The first-order chi connectivity index (χ1) is 10.1. The van der Waals surface area contributed by atoms with Crippen LogP contribution < -0.4 is 0 Å². The molecule has 2 bridgehead atoms. The lowest BCUT2D eigenvalue weighted by atomic mass is 9.47. The number of fused-ring (bicyclic) bond motifs is 3. The van der Waals surface area contributed by atoms with E-state index in [1.807, 2.05) is 6.08 Å². The predicted molar refractivity (Wildman–Crippen MR) is 80.8 cm³/mol. The molecule has 3 saturated carbocycles. The first kappa shape index (κ1) is 12.9. The Kier molecular flexibility index (Phi) is 2.46. The van der Waals surface area contributed by atoms with E-state index in [1.165, 1.54) is 44.1 Å². The number of rotatable bonds is 0. The Hall–Kier alpha value is -0.630. The van der Waals surface area contributed by atoms with Crippen molar-refractivity contribution in [2.75, 3.05) is 6.61 Å². The molecule has 114 valence electrons. The second-order valence-electron chi connectivity index (χ2n) is 8.72. The Morgan fingerprint density at radius 1 is 1.19 bits per heavy atom. The van der Waals surface area contributed by atoms with Crippen molar-refractivity contribution in [3.63, 3.8) is 0 Å². The van der Waals surface area contributed by atoms with Crippen LogP contribution in [0.15, 0.2) is 11.6 Å². The summed E-state index contributed by atoms with van der Waals surface area (Å²) in [5, 5.41) is 0. The zero-order valence-corrected chi connectivity index (χ0v) is 13.1. The molecule has 21 heavy (non-hydrogen) atoms. The Bertz CT molecular complexity index is 536. The van der Waals surface area contributed by atoms with Gasteiger partial charge in [0, 0.05) is 11.8 Å². The Morgan fingerprint density at radius 3 is 3.00 bits per heavy atom. The van der Waals surface area contributed by atoms with E-state index in [9.17, 15) is 4.79 Å². The number of hydrogen-bond donors (Lipinski definition) is 0. The highest BCUT2D eigenvalue weighted by Gasteiger charge is 2.62. The minimum absolute atomic E-state index is 0.255. The van der Waals surface area contributed by atoms with Crippen LogP contribution in [0.5, 0.6) is 0 Å². The highest BCUT2D eigenvalue weighted by atomic mass is 16.5. The maximum atomic E-state index is 11.9. The average Bonchev–Trinajstić information content (AvgIpc) is 2.98. The van der Waals surface area contributed by atoms with Gasteiger partial charge in [-0.05, 0) is 73.3 Å². The van der Waals surface area contributed by atoms with Crippen molar-refractivity contribution >= 4 is 5.78 Å². The normalized spacial score (nSPS) is 54.7. The van der Waals surface area contributed by atoms with E-state index in [-0.39, 0.29) is 11.5 Å². The molecule has 0 aromatic carbocycles. The minimum atomic E-state index is 0.255. The molecule has 1 aliphatic heterocycles. The molecule has 0 N–H and O–H groups in total. The topological polar surface area (TPSA) is 26.3 Å². The second-order valence-corrected chi connectivity index (χ2v) is 8.72. The number of carbonyl (C=O) groups is 1. The first-order valence-electron chi connectivity index (χ1n) is 8.99. The lowest BCUT2D eigenvalue weighted by molar-refractivity contribution is -0.117. The van der Waals surface area contributed by atoms with Gasteiger partial charge in [0.2, 0.25) is 0 Å². The second kappa shape index (κ2) is 4.01. The Morgan fingerprint density at radius 2 is 2.10 bits per heavy atom. The van der Waals surface area contributed by atoms with Gasteiger partial charge in [0.05, 0.1) is 12.7 Å². The summed E-state index contributed by atoms with van der Waals surface area (Å²) in [6, 6.07) is 0. The highest BCUT2D eigenvalue weighted by molar-refractivity contribution is 5.92. The van der Waals surface area contributed by atoms with Crippen LogP contribution in [-0.2, 0) is 9.53 Å². The van der Waals surface area contributed by atoms with E-state index in [4.69, 9.17) is 4.74 Å². The zero-order valence-electron chi connectivity index (χ0n) is 13.1. The van der Waals surface area contributed by atoms with Gasteiger partial charge in [-0.15, -0.1) is 0 Å². The molecule has 5 rings (SSSR count). The van der Waals surface area contributed by atoms with Crippen molar-refractivity contribution in [1.82, 2.24) is 0 Å². The fraction of sp³-hybridized carbons (Fsp3) is 0.842. The molecule has 1 saturated heterocycles. The largest absolute Gasteiger partial charge is 0.373 e. The van der Waals surface area contributed by atoms with E-state index < -0.39 is 0 Å². The number of ketones is 1. The number of carbonyl (C=O) groups excluding carboxylic acids is 1. The Labute approximate surface area is 127 Å². The van der Waals surface area contributed by atoms with Crippen LogP contribution in [0.25, 0.3) is 0 Å². The highest BCUT2D eigenvalue weighted by Crippen LogP contribution is 2.67. The SMILES string of the molecule is C[C@@]12CCC[C@H]1[C@@H]1C[C@H]3OC[C@@]4(CCC(=O)C=C34)[C@H]1CC2. The quantitative estimate of drug-likeness (QED) is 0.675. The molecule has 6 atom stereocenters. The van der Waals surface area contributed by atoms with Crippen LogP contribution in [0.3, 0.4) is 0 Å². The van der Waals surface area contributed by atoms with Gasteiger partial charge in [0.1, 0.15) is 0 Å². The van der Waals surface area contributed by atoms with Gasteiger partial charge in [-0.2, -0.15) is 0 Å². The standard InChI is InChI=1S/C19H26O2/c1-18-6-2-3-14(18)13-10-17-16-9-12(20)4-8-19(16,11-21-17)15(13)5-7-18/h9,13-15,17H,2-8,10-11H2,1H3/t13-,14-,15-,17+,18-,19-/m0/s1. The summed E-state index contributed by atoms with van der Waals surface area (Å²) < 4.78 is 6.22. The minimum Gasteiger partial charge on any atom is -0.373 e. The molecule has 1 heterocycles. The van der Waals surface area contributed by atoms with Gasteiger partial charge in [0.25, 0.3) is 0 Å². The van der Waals surface area contributed by atoms with Crippen LogP contribution >= 0.6 is 0 Å². The lowest BCUT2D eigenvalue weighted by Crippen LogP contribution is -2.51. The van der Waals surface area contributed by atoms with Crippen LogP contribution in [0, 0.1) is 28.6 Å². The van der Waals surface area contributed by atoms with E-state index in [2.05, 4.69) is 6.92 Å². The molecule has 0 spiro atoms. The lowest BCUT2D eigenvalue weighted by Gasteiger charge is -2.56. The van der Waals surface area contributed by atoms with Crippen LogP contribution in [0.2, 0.25) is 0 Å². The maximum absolute atomic E-state index is 11.9. The summed E-state index contributed by atoms with van der Waals surface area (Å²) in [7, 11) is 0. The molecule has 2 nitrogen and oxygen atoms in total. The van der Waals surface area contributed by atoms with Crippen molar-refractivity contribution < 1.29 is 9.53 Å². The maximum Gasteiger partial charge on any atom is 0.155 e. The number of ether oxygens (including phenoxy) is 1. The van der Waals surface area contributed by atoms with Crippen LogP contribution in [0.1, 0.15) is 58.3 Å². The molecule has 0 aromatic heterocycles. The monoisotopic (exact) mass is 286 g/mol. The van der Waals surface area contributed by atoms with E-state index >= 15 is 0 Å². The van der Waals surface area contributed by atoms with Crippen molar-refractivity contribution in [2.45, 2.75) is 64.4 Å². The van der Waals surface area contributed by atoms with Crippen LogP contribution in [0.4, 0.5) is 0 Å². The molecule has 4 fully saturated rings. The third-order valence-electron chi connectivity index (χ3n) is 8.01. The first-order valence-corrected chi connectivity index (χ1v) is 8.99. The summed E-state index contributed by atoms with van der Waals surface area (Å²) in [5.74, 6) is 2.93. The van der Waals surface area contributed by atoms with E-state index in [0.717, 1.165) is 37.2 Å². The fourth-order valence-corrected chi connectivity index (χ4v) is 7.03. The predicted octanol–water partition coefficient (Wildman–Crippen LogP) is 3.90. The zero-order chi connectivity index (χ0) is 14.2. The molecular weight excluding hydrogens is 260 g/mol. The van der Waals surface area contributed by atoms with Gasteiger partial charge in [0.15, 0.2) is 5.78 Å². The van der Waals surface area contributed by atoms with Gasteiger partial charge in [-0.1, -0.05) is 13.3 Å². The van der Waals surface area contributed by atoms with Crippen molar-refractivity contribution in [3.05, 3.63) is 11.6 Å². The molecule has 2 heteroatoms. The molecule has 0 amide bonds. The summed E-state index contributed by atoms with van der Waals surface area (Å²) in [6.45, 7) is 3.46. The third-order valence-corrected chi connectivity index (χ3v) is 8.01. The van der Waals surface area contributed by atoms with Gasteiger partial charge in [-0.3, -0.25) is 4.79 Å². The molecule has 0 radical (unpaired) electrons. The average molecular weight is 286 g/mol. The molecule has 4 aliphatic carbocycles. The summed E-state index contributed by atoms with van der Waals surface area (Å²) in [4.78, 5) is 11.9. The summed E-state index contributed by atoms with van der Waals surface area (Å²) in [5.41, 5.74) is 2.27. The fourth-order valence-electron chi connectivity index (χ4n) is 7.03. The van der Waals surface area contributed by atoms with E-state index in [0.29, 0.717) is 11.2 Å². The molecule has 0 aromatic rings. The smallest absolute Gasteiger partial charge is 0.155 e. The molecular formula is C19H26O2. The third kappa shape index (κ3) is 1.50. The van der Waals surface area contributed by atoms with Gasteiger partial charge >= 0.3 is 0 Å². The van der Waals surface area contributed by atoms with Crippen molar-refractivity contribution in [1.29, 1.82) is 0 Å². The van der Waals surface area contributed by atoms with Gasteiger partial charge < -0.3 is 4.74 Å².